The van der Waals surface area contributed by atoms with Gasteiger partial charge >= 0.3 is 0 Å². The molecule has 0 atom stereocenters. The summed E-state index contributed by atoms with van der Waals surface area (Å²) in [6, 6.07) is 4.85. The van der Waals surface area contributed by atoms with E-state index in [0.717, 1.165) is 23.0 Å². The summed E-state index contributed by atoms with van der Waals surface area (Å²) in [7, 11) is 0. The van der Waals surface area contributed by atoms with E-state index in [-0.39, 0.29) is 5.82 Å². The van der Waals surface area contributed by atoms with E-state index in [1.807, 2.05) is 13.1 Å². The van der Waals surface area contributed by atoms with Gasteiger partial charge in [-0.2, -0.15) is 0 Å². The van der Waals surface area contributed by atoms with Crippen LogP contribution in [0, 0.1) is 12.7 Å². The molecule has 0 aliphatic rings. The van der Waals surface area contributed by atoms with Crippen LogP contribution < -0.4 is 5.73 Å². The first-order chi connectivity index (χ1) is 6.72. The van der Waals surface area contributed by atoms with Crippen molar-refractivity contribution in [2.24, 2.45) is 5.73 Å². The van der Waals surface area contributed by atoms with Crippen LogP contribution >= 0.6 is 0 Å². The minimum absolute atomic E-state index is 0.189. The van der Waals surface area contributed by atoms with E-state index in [9.17, 15) is 4.39 Å². The average Bonchev–Trinajstić information content (AvgIpc) is 2.44. The summed E-state index contributed by atoms with van der Waals surface area (Å²) < 4.78 is 15.0. The van der Waals surface area contributed by atoms with Crippen molar-refractivity contribution in [3.8, 4) is 0 Å². The zero-order valence-electron chi connectivity index (χ0n) is 8.13. The SMILES string of the molecule is Cc1cn(CCN)c2ccc(F)cc12. The van der Waals surface area contributed by atoms with E-state index in [1.54, 1.807) is 12.1 Å². The summed E-state index contributed by atoms with van der Waals surface area (Å²) in [6.07, 6.45) is 2.01. The normalized spacial score (nSPS) is 11.1. The molecule has 0 amide bonds. The monoisotopic (exact) mass is 192 g/mol. The number of hydrogen-bond acceptors (Lipinski definition) is 1. The summed E-state index contributed by atoms with van der Waals surface area (Å²) in [4.78, 5) is 0. The van der Waals surface area contributed by atoms with Gasteiger partial charge in [-0.05, 0) is 30.7 Å². The second kappa shape index (κ2) is 3.42. The van der Waals surface area contributed by atoms with Crippen LogP contribution in [0.4, 0.5) is 4.39 Å². The lowest BCUT2D eigenvalue weighted by atomic mass is 10.2. The van der Waals surface area contributed by atoms with Gasteiger partial charge in [0, 0.05) is 30.2 Å². The highest BCUT2D eigenvalue weighted by Gasteiger charge is 2.05. The van der Waals surface area contributed by atoms with Crippen LogP contribution in [0.1, 0.15) is 5.56 Å². The first kappa shape index (κ1) is 9.21. The van der Waals surface area contributed by atoms with Crippen molar-refractivity contribution < 1.29 is 4.39 Å². The van der Waals surface area contributed by atoms with Crippen LogP contribution in [-0.4, -0.2) is 11.1 Å². The van der Waals surface area contributed by atoms with E-state index in [4.69, 9.17) is 5.73 Å². The third-order valence-electron chi connectivity index (χ3n) is 2.41. The largest absolute Gasteiger partial charge is 0.346 e. The zero-order chi connectivity index (χ0) is 10.1. The average molecular weight is 192 g/mol. The molecule has 2 rings (SSSR count). The molecular weight excluding hydrogens is 179 g/mol. The number of aromatic nitrogens is 1. The van der Waals surface area contributed by atoms with Gasteiger partial charge in [-0.1, -0.05) is 0 Å². The quantitative estimate of drug-likeness (QED) is 0.775. The topological polar surface area (TPSA) is 30.9 Å². The third-order valence-corrected chi connectivity index (χ3v) is 2.41. The van der Waals surface area contributed by atoms with Gasteiger partial charge in [0.2, 0.25) is 0 Å². The fourth-order valence-corrected chi connectivity index (χ4v) is 1.77. The van der Waals surface area contributed by atoms with Crippen molar-refractivity contribution in [2.75, 3.05) is 6.54 Å². The molecule has 2 N–H and O–H groups in total. The van der Waals surface area contributed by atoms with E-state index >= 15 is 0 Å². The number of aryl methyl sites for hydroxylation is 1. The number of fused-ring (bicyclic) bond motifs is 1. The second-order valence-corrected chi connectivity index (χ2v) is 3.46. The van der Waals surface area contributed by atoms with Gasteiger partial charge in [0.1, 0.15) is 5.82 Å². The van der Waals surface area contributed by atoms with Crippen molar-refractivity contribution in [3.05, 3.63) is 35.8 Å². The molecule has 0 aliphatic carbocycles. The van der Waals surface area contributed by atoms with Crippen LogP contribution in [0.3, 0.4) is 0 Å². The number of rotatable bonds is 2. The molecule has 1 aromatic carbocycles. The number of hydrogen-bond donors (Lipinski definition) is 1. The maximum Gasteiger partial charge on any atom is 0.123 e. The summed E-state index contributed by atoms with van der Waals surface area (Å²) in [5.74, 6) is -0.189. The van der Waals surface area contributed by atoms with Gasteiger partial charge in [0.05, 0.1) is 0 Å². The van der Waals surface area contributed by atoms with E-state index in [1.165, 1.54) is 6.07 Å². The molecular formula is C11H13FN2. The Labute approximate surface area is 82.1 Å². The lowest BCUT2D eigenvalue weighted by Gasteiger charge is -2.01. The Hall–Kier alpha value is -1.35. The van der Waals surface area contributed by atoms with Gasteiger partial charge in [0.15, 0.2) is 0 Å². The predicted octanol–water partition coefficient (Wildman–Crippen LogP) is 2.05. The molecule has 2 nitrogen and oxygen atoms in total. The van der Waals surface area contributed by atoms with Crippen LogP contribution in [0.5, 0.6) is 0 Å². The smallest absolute Gasteiger partial charge is 0.123 e. The third kappa shape index (κ3) is 1.40. The highest BCUT2D eigenvalue weighted by molar-refractivity contribution is 5.83. The summed E-state index contributed by atoms with van der Waals surface area (Å²) in [5, 5.41) is 0.971. The first-order valence-corrected chi connectivity index (χ1v) is 4.67. The van der Waals surface area contributed by atoms with Crippen molar-refractivity contribution in [1.82, 2.24) is 4.57 Å². The molecule has 1 aromatic heterocycles. The molecule has 0 saturated carbocycles. The summed E-state index contributed by atoms with van der Waals surface area (Å²) in [6.45, 7) is 3.35. The van der Waals surface area contributed by atoms with Gasteiger partial charge in [-0.25, -0.2) is 4.39 Å². The highest BCUT2D eigenvalue weighted by atomic mass is 19.1. The molecule has 0 unspecified atom stereocenters. The van der Waals surface area contributed by atoms with Crippen molar-refractivity contribution in [3.63, 3.8) is 0 Å². The lowest BCUT2D eigenvalue weighted by Crippen LogP contribution is -2.08. The standard InChI is InChI=1S/C11H13FN2/c1-8-7-14(5-4-13)11-3-2-9(12)6-10(8)11/h2-3,6-7H,4-5,13H2,1H3. The van der Waals surface area contributed by atoms with E-state index in [2.05, 4.69) is 4.57 Å². The van der Waals surface area contributed by atoms with Crippen molar-refractivity contribution in [2.45, 2.75) is 13.5 Å². The predicted molar refractivity (Wildman–Crippen MR) is 55.7 cm³/mol. The lowest BCUT2D eigenvalue weighted by molar-refractivity contribution is 0.629. The molecule has 0 aliphatic heterocycles. The van der Waals surface area contributed by atoms with Gasteiger partial charge in [-0.3, -0.25) is 0 Å². The second-order valence-electron chi connectivity index (χ2n) is 3.46. The number of halogens is 1. The Bertz CT molecular complexity index is 460. The molecule has 74 valence electrons. The van der Waals surface area contributed by atoms with Gasteiger partial charge < -0.3 is 10.3 Å². The molecule has 3 heteroatoms. The maximum atomic E-state index is 13.0. The molecule has 0 spiro atoms. The van der Waals surface area contributed by atoms with Crippen molar-refractivity contribution in [1.29, 1.82) is 0 Å². The Kier molecular flexibility index (Phi) is 2.25. The number of nitrogens with zero attached hydrogens (tertiary/aromatic N) is 1. The fraction of sp³-hybridized carbons (Fsp3) is 0.273. The zero-order valence-corrected chi connectivity index (χ0v) is 8.13. The molecule has 0 saturated heterocycles. The molecule has 14 heavy (non-hydrogen) atoms. The summed E-state index contributed by atoms with van der Waals surface area (Å²) >= 11 is 0. The number of benzene rings is 1. The Morgan fingerprint density at radius 3 is 2.93 bits per heavy atom. The Morgan fingerprint density at radius 1 is 1.43 bits per heavy atom. The van der Waals surface area contributed by atoms with Crippen LogP contribution in [0.25, 0.3) is 10.9 Å². The molecule has 0 fully saturated rings. The molecule has 1 heterocycles. The summed E-state index contributed by atoms with van der Waals surface area (Å²) in [5.41, 5.74) is 7.64. The minimum atomic E-state index is -0.189. The fourth-order valence-electron chi connectivity index (χ4n) is 1.77. The van der Waals surface area contributed by atoms with Gasteiger partial charge in [0.25, 0.3) is 0 Å². The van der Waals surface area contributed by atoms with Crippen molar-refractivity contribution >= 4 is 10.9 Å². The Morgan fingerprint density at radius 2 is 2.21 bits per heavy atom. The van der Waals surface area contributed by atoms with Gasteiger partial charge in [-0.15, -0.1) is 0 Å². The highest BCUT2D eigenvalue weighted by Crippen LogP contribution is 2.21. The molecule has 0 radical (unpaired) electrons. The number of nitrogens with two attached hydrogens (primary N) is 1. The van der Waals surface area contributed by atoms with Crippen LogP contribution in [-0.2, 0) is 6.54 Å². The molecule has 2 aromatic rings. The molecule has 0 bridgehead atoms. The van der Waals surface area contributed by atoms with E-state index < -0.39 is 0 Å². The van der Waals surface area contributed by atoms with E-state index in [0.29, 0.717) is 6.54 Å². The first-order valence-electron chi connectivity index (χ1n) is 4.67. The minimum Gasteiger partial charge on any atom is -0.346 e. The van der Waals surface area contributed by atoms with Crippen LogP contribution in [0.2, 0.25) is 0 Å². The maximum absolute atomic E-state index is 13.0. The van der Waals surface area contributed by atoms with Crippen LogP contribution in [0.15, 0.2) is 24.4 Å². The Balaban J connectivity index is 2.65.